The number of nitrogens with one attached hydrogen (secondary N) is 2. The molecular formula is C40H45N4O+. The number of hydrogen-bond donors (Lipinski definition) is 3. The van der Waals surface area contributed by atoms with Crippen LogP contribution in [-0.2, 0) is 10.2 Å². The lowest BCUT2D eigenvalue weighted by atomic mass is 9.81. The van der Waals surface area contributed by atoms with Crippen molar-refractivity contribution >= 4 is 46.9 Å². The highest BCUT2D eigenvalue weighted by atomic mass is 16.1. The highest BCUT2D eigenvalue weighted by Crippen LogP contribution is 2.42. The zero-order valence-corrected chi connectivity index (χ0v) is 26.5. The minimum absolute atomic E-state index is 0.0864. The molecule has 0 saturated carbocycles. The first kappa shape index (κ1) is 31.7. The number of nitrogens with two attached hydrogens (primary N) is 1. The lowest BCUT2D eigenvalue weighted by Gasteiger charge is -2.17. The summed E-state index contributed by atoms with van der Waals surface area (Å²) in [7, 11) is 0. The molecule has 45 heavy (non-hydrogen) atoms. The van der Waals surface area contributed by atoms with Gasteiger partial charge in [0.05, 0.1) is 5.41 Å². The number of benzene rings is 4. The Bertz CT molecular complexity index is 1650. The topological polar surface area (TPSA) is 70.2 Å². The van der Waals surface area contributed by atoms with Crippen molar-refractivity contribution in [2.75, 3.05) is 25.0 Å². The van der Waals surface area contributed by atoms with E-state index in [1.807, 2.05) is 24.3 Å². The Balaban J connectivity index is 1.34. The molecule has 1 amide bonds. The van der Waals surface area contributed by atoms with Gasteiger partial charge in [0, 0.05) is 55.0 Å². The van der Waals surface area contributed by atoms with Crippen LogP contribution in [0.25, 0.3) is 18.2 Å². The third kappa shape index (κ3) is 8.46. The number of allylic oxidation sites excluding steroid dienone is 1. The smallest absolute Gasteiger partial charge is 0.220 e. The fraction of sp³-hybridized carbons (Fsp3) is 0.250. The van der Waals surface area contributed by atoms with Crippen LogP contribution in [0.3, 0.4) is 0 Å². The van der Waals surface area contributed by atoms with E-state index in [-0.39, 0.29) is 11.3 Å². The van der Waals surface area contributed by atoms with E-state index >= 15 is 0 Å². The van der Waals surface area contributed by atoms with Gasteiger partial charge < -0.3 is 16.4 Å². The number of amides is 1. The van der Waals surface area contributed by atoms with E-state index in [9.17, 15) is 4.79 Å². The SMILES string of the molecule is CC1(C)C(/C=C/c2ccc(/C=C/c3ccccc3)cc2)=[N+](CCCCCC(=O)NCCN)c2ccc(Nc3ccccc3)cc21. The molecule has 0 unspecified atom stereocenters. The molecule has 0 aromatic heterocycles. The standard InChI is InChI=1S/C40H44N4O/c1-40(2)36-30-35(43-34-14-8-4-9-15-34)24-25-37(36)44(29-11-5-10-16-39(45)42-28-27-41)38(40)26-23-33-21-19-32(20-22-33)18-17-31-12-6-3-7-13-31/h3-4,6-9,12-15,17-26,30,43H,5,10-11,16,27-29,41H2,1-2H3/p+1/b18-17+,26-23+. The molecule has 1 aliphatic rings. The van der Waals surface area contributed by atoms with Crippen molar-refractivity contribution in [1.29, 1.82) is 0 Å². The Morgan fingerprint density at radius 3 is 2.02 bits per heavy atom. The van der Waals surface area contributed by atoms with Crippen molar-refractivity contribution in [2.24, 2.45) is 5.73 Å². The first-order valence-corrected chi connectivity index (χ1v) is 16.0. The second kappa shape index (κ2) is 15.3. The van der Waals surface area contributed by atoms with E-state index < -0.39 is 0 Å². The molecule has 0 saturated heterocycles. The van der Waals surface area contributed by atoms with Crippen LogP contribution in [0.2, 0.25) is 0 Å². The Labute approximate surface area is 268 Å². The monoisotopic (exact) mass is 597 g/mol. The summed E-state index contributed by atoms with van der Waals surface area (Å²) >= 11 is 0. The molecule has 4 N–H and O–H groups in total. The lowest BCUT2D eigenvalue weighted by Crippen LogP contribution is -2.28. The molecule has 0 atom stereocenters. The van der Waals surface area contributed by atoms with Crippen LogP contribution in [-0.4, -0.2) is 35.8 Å². The average molecular weight is 598 g/mol. The number of rotatable bonds is 14. The highest BCUT2D eigenvalue weighted by Gasteiger charge is 2.44. The first-order chi connectivity index (χ1) is 21.9. The molecule has 5 heteroatoms. The predicted molar refractivity (Wildman–Crippen MR) is 190 cm³/mol. The normalized spacial score (nSPS) is 13.8. The fourth-order valence-corrected chi connectivity index (χ4v) is 5.86. The molecule has 4 aromatic carbocycles. The van der Waals surface area contributed by atoms with Gasteiger partial charge in [0.15, 0.2) is 5.71 Å². The molecule has 230 valence electrons. The lowest BCUT2D eigenvalue weighted by molar-refractivity contribution is -0.438. The second-order valence-electron chi connectivity index (χ2n) is 12.1. The third-order valence-electron chi connectivity index (χ3n) is 8.34. The van der Waals surface area contributed by atoms with Crippen LogP contribution < -0.4 is 16.4 Å². The van der Waals surface area contributed by atoms with Gasteiger partial charge >= 0.3 is 0 Å². The van der Waals surface area contributed by atoms with Crippen molar-refractivity contribution < 1.29 is 9.37 Å². The largest absolute Gasteiger partial charge is 0.356 e. The molecule has 4 aromatic rings. The van der Waals surface area contributed by atoms with Crippen LogP contribution in [0.5, 0.6) is 0 Å². The Morgan fingerprint density at radius 1 is 0.733 bits per heavy atom. The molecular weight excluding hydrogens is 552 g/mol. The van der Waals surface area contributed by atoms with E-state index in [0.717, 1.165) is 37.2 Å². The van der Waals surface area contributed by atoms with Crippen molar-refractivity contribution in [2.45, 2.75) is 44.9 Å². The van der Waals surface area contributed by atoms with E-state index in [1.165, 1.54) is 33.7 Å². The number of carbonyl (C=O) groups is 1. The van der Waals surface area contributed by atoms with Crippen LogP contribution in [0.4, 0.5) is 17.1 Å². The van der Waals surface area contributed by atoms with E-state index in [0.29, 0.717) is 19.5 Å². The van der Waals surface area contributed by atoms with Gasteiger partial charge in [0.25, 0.3) is 0 Å². The van der Waals surface area contributed by atoms with Gasteiger partial charge in [-0.1, -0.05) is 84.9 Å². The first-order valence-electron chi connectivity index (χ1n) is 16.0. The number of hydrogen-bond acceptors (Lipinski definition) is 3. The summed E-state index contributed by atoms with van der Waals surface area (Å²) in [5.74, 6) is 0.0864. The van der Waals surface area contributed by atoms with Crippen molar-refractivity contribution in [3.63, 3.8) is 0 Å². The second-order valence-corrected chi connectivity index (χ2v) is 12.1. The van der Waals surface area contributed by atoms with Gasteiger partial charge in [-0.15, -0.1) is 0 Å². The number of fused-ring (bicyclic) bond motifs is 1. The number of nitrogens with zero attached hydrogens (tertiary/aromatic N) is 1. The summed E-state index contributed by atoms with van der Waals surface area (Å²) in [6, 6.07) is 36.1. The number of unbranched alkanes of at least 4 members (excludes halogenated alkanes) is 2. The summed E-state index contributed by atoms with van der Waals surface area (Å²) < 4.78 is 2.48. The summed E-state index contributed by atoms with van der Waals surface area (Å²) in [4.78, 5) is 12.0. The van der Waals surface area contributed by atoms with Gasteiger partial charge in [-0.05, 0) is 73.7 Å². The van der Waals surface area contributed by atoms with E-state index in [4.69, 9.17) is 5.73 Å². The average Bonchev–Trinajstić information content (AvgIpc) is 3.27. The molecule has 1 aliphatic heterocycles. The van der Waals surface area contributed by atoms with E-state index in [2.05, 4.69) is 132 Å². The number of anilines is 2. The Morgan fingerprint density at radius 2 is 1.36 bits per heavy atom. The van der Waals surface area contributed by atoms with Gasteiger partial charge in [0.1, 0.15) is 6.54 Å². The van der Waals surface area contributed by atoms with Crippen molar-refractivity contribution in [3.05, 3.63) is 131 Å². The minimum atomic E-state index is -0.180. The molecule has 0 aliphatic carbocycles. The van der Waals surface area contributed by atoms with Crippen LogP contribution in [0.15, 0.2) is 109 Å². The maximum atomic E-state index is 12.0. The summed E-state index contributed by atoms with van der Waals surface area (Å²) in [6.45, 7) is 6.54. The van der Waals surface area contributed by atoms with Gasteiger partial charge in [0.2, 0.25) is 11.6 Å². The fourth-order valence-electron chi connectivity index (χ4n) is 5.86. The van der Waals surface area contributed by atoms with E-state index in [1.54, 1.807) is 0 Å². The zero-order valence-electron chi connectivity index (χ0n) is 26.5. The highest BCUT2D eigenvalue weighted by molar-refractivity contribution is 6.05. The van der Waals surface area contributed by atoms with Gasteiger partial charge in [-0.2, -0.15) is 4.58 Å². The molecule has 1 heterocycles. The Kier molecular flexibility index (Phi) is 10.8. The molecule has 0 fully saturated rings. The maximum absolute atomic E-state index is 12.0. The maximum Gasteiger partial charge on any atom is 0.220 e. The summed E-state index contributed by atoms with van der Waals surface area (Å²) in [5, 5.41) is 6.44. The molecule has 0 bridgehead atoms. The number of carbonyl (C=O) groups excluding carboxylic acids is 1. The molecule has 5 rings (SSSR count). The quantitative estimate of drug-likeness (QED) is 0.0778. The molecule has 0 spiro atoms. The summed E-state index contributed by atoms with van der Waals surface area (Å²) in [5.41, 5.74) is 14.9. The molecule has 0 radical (unpaired) electrons. The van der Waals surface area contributed by atoms with Crippen LogP contribution in [0.1, 0.15) is 61.8 Å². The summed E-state index contributed by atoms with van der Waals surface area (Å²) in [6.07, 6.45) is 12.2. The number of para-hydroxylation sites is 1. The van der Waals surface area contributed by atoms with Crippen molar-refractivity contribution in [3.8, 4) is 0 Å². The van der Waals surface area contributed by atoms with Gasteiger partial charge in [-0.25, -0.2) is 0 Å². The van der Waals surface area contributed by atoms with Crippen LogP contribution in [0, 0.1) is 0 Å². The van der Waals surface area contributed by atoms with Crippen LogP contribution >= 0.6 is 0 Å². The van der Waals surface area contributed by atoms with Crippen molar-refractivity contribution in [1.82, 2.24) is 5.32 Å². The Hall–Kier alpha value is -4.74. The minimum Gasteiger partial charge on any atom is -0.356 e. The third-order valence-corrected chi connectivity index (χ3v) is 8.34. The molecule has 5 nitrogen and oxygen atoms in total. The van der Waals surface area contributed by atoms with Gasteiger partial charge in [-0.3, -0.25) is 4.79 Å². The predicted octanol–water partition coefficient (Wildman–Crippen LogP) is 8.33. The zero-order chi connectivity index (χ0) is 31.5.